The van der Waals surface area contributed by atoms with E-state index >= 15 is 0 Å². The third kappa shape index (κ3) is 4.50. The zero-order valence-corrected chi connectivity index (χ0v) is 10.3. The summed E-state index contributed by atoms with van der Waals surface area (Å²) in [5.74, 6) is -2.96. The smallest absolute Gasteiger partial charge is 0.391 e. The number of amides is 1. The van der Waals surface area contributed by atoms with Crippen molar-refractivity contribution in [2.24, 2.45) is 0 Å². The van der Waals surface area contributed by atoms with E-state index in [0.29, 0.717) is 11.3 Å². The van der Waals surface area contributed by atoms with Crippen LogP contribution in [0.25, 0.3) is 0 Å². The lowest BCUT2D eigenvalue weighted by atomic mass is 10.2. The molecule has 11 heteroatoms. The fraction of sp³-hybridized carbons (Fsp3) is 0.333. The molecule has 110 valence electrons. The van der Waals surface area contributed by atoms with Crippen LogP contribution in [-0.2, 0) is 4.79 Å². The van der Waals surface area contributed by atoms with Crippen molar-refractivity contribution in [3.63, 3.8) is 0 Å². The van der Waals surface area contributed by atoms with Gasteiger partial charge in [-0.2, -0.15) is 13.2 Å². The largest absolute Gasteiger partial charge is 0.480 e. The first-order valence-electron chi connectivity index (χ1n) is 4.95. The first-order chi connectivity index (χ1) is 9.10. The fourth-order valence-electron chi connectivity index (χ4n) is 1.21. The van der Waals surface area contributed by atoms with Gasteiger partial charge >= 0.3 is 17.1 Å². The Hall–Kier alpha value is -2.17. The van der Waals surface area contributed by atoms with Crippen LogP contribution in [0.2, 0.25) is 0 Å². The molecule has 0 bridgehead atoms. The van der Waals surface area contributed by atoms with Crippen LogP contribution >= 0.6 is 11.3 Å². The summed E-state index contributed by atoms with van der Waals surface area (Å²) in [6.07, 6.45) is -6.50. The lowest BCUT2D eigenvalue weighted by Gasteiger charge is -2.15. The van der Waals surface area contributed by atoms with E-state index in [1.807, 2.05) is 0 Å². The Bertz CT molecular complexity index is 542. The number of nitrogens with zero attached hydrogens (tertiary/aromatic N) is 1. The van der Waals surface area contributed by atoms with Crippen molar-refractivity contribution < 1.29 is 32.8 Å². The highest BCUT2D eigenvalue weighted by molar-refractivity contribution is 7.17. The van der Waals surface area contributed by atoms with Crippen LogP contribution in [0.4, 0.5) is 18.2 Å². The molecule has 1 unspecified atom stereocenters. The summed E-state index contributed by atoms with van der Waals surface area (Å²) in [5.41, 5.74) is 0. The number of rotatable bonds is 5. The molecule has 1 rings (SSSR count). The number of carbonyl (C=O) groups is 2. The van der Waals surface area contributed by atoms with Gasteiger partial charge in [-0.25, -0.2) is 4.79 Å². The van der Waals surface area contributed by atoms with Crippen molar-refractivity contribution in [1.82, 2.24) is 5.32 Å². The van der Waals surface area contributed by atoms with E-state index in [9.17, 15) is 32.9 Å². The predicted octanol–water partition coefficient (Wildman–Crippen LogP) is 1.79. The van der Waals surface area contributed by atoms with Gasteiger partial charge in [0.05, 0.1) is 16.2 Å². The van der Waals surface area contributed by atoms with Crippen molar-refractivity contribution in [3.8, 4) is 0 Å². The average molecular weight is 312 g/mol. The number of nitrogens with one attached hydrogen (secondary N) is 1. The molecule has 1 aromatic heterocycles. The zero-order chi connectivity index (χ0) is 15.5. The van der Waals surface area contributed by atoms with Gasteiger partial charge < -0.3 is 10.4 Å². The molecule has 0 aliphatic heterocycles. The number of alkyl halides is 3. The number of hydrogen-bond acceptors (Lipinski definition) is 5. The van der Waals surface area contributed by atoms with Crippen LogP contribution in [0.1, 0.15) is 16.1 Å². The van der Waals surface area contributed by atoms with Gasteiger partial charge in [-0.05, 0) is 6.07 Å². The predicted molar refractivity (Wildman–Crippen MR) is 60.5 cm³/mol. The summed E-state index contributed by atoms with van der Waals surface area (Å²) in [6.45, 7) is 0. The Morgan fingerprint density at radius 3 is 2.45 bits per heavy atom. The van der Waals surface area contributed by atoms with E-state index in [-0.39, 0.29) is 9.88 Å². The number of carbonyl (C=O) groups excluding carboxylic acids is 1. The minimum absolute atomic E-state index is 0.245. The van der Waals surface area contributed by atoms with E-state index < -0.39 is 35.4 Å². The van der Waals surface area contributed by atoms with Gasteiger partial charge in [-0.1, -0.05) is 11.3 Å². The summed E-state index contributed by atoms with van der Waals surface area (Å²) in [5, 5.41) is 20.3. The maximum absolute atomic E-state index is 12.1. The Labute approximate surface area is 113 Å². The third-order valence-corrected chi connectivity index (χ3v) is 3.07. The molecule has 0 aliphatic rings. The number of thiophene rings is 1. The molecular formula is C9H7F3N2O5S. The van der Waals surface area contributed by atoms with Crippen molar-refractivity contribution in [1.29, 1.82) is 0 Å². The SMILES string of the molecule is O=C(NC(CC(F)(F)F)C(=O)O)c1ccc([N+](=O)[O-])s1. The van der Waals surface area contributed by atoms with Crippen LogP contribution in [0.15, 0.2) is 12.1 Å². The first-order valence-corrected chi connectivity index (χ1v) is 5.76. The van der Waals surface area contributed by atoms with Crippen LogP contribution in [0.5, 0.6) is 0 Å². The molecule has 0 saturated carbocycles. The number of halogens is 3. The second kappa shape index (κ2) is 5.86. The van der Waals surface area contributed by atoms with Crippen molar-refractivity contribution in [3.05, 3.63) is 27.1 Å². The molecule has 7 nitrogen and oxygen atoms in total. The lowest BCUT2D eigenvalue weighted by molar-refractivity contribution is -0.380. The molecule has 1 aromatic rings. The normalized spacial score (nSPS) is 12.8. The van der Waals surface area contributed by atoms with E-state index in [1.54, 1.807) is 5.32 Å². The van der Waals surface area contributed by atoms with Gasteiger partial charge in [0, 0.05) is 6.07 Å². The topological polar surface area (TPSA) is 110 Å². The maximum atomic E-state index is 12.1. The van der Waals surface area contributed by atoms with Crippen molar-refractivity contribution >= 4 is 28.2 Å². The summed E-state index contributed by atoms with van der Waals surface area (Å²) >= 11 is 0.435. The van der Waals surface area contributed by atoms with E-state index in [4.69, 9.17) is 5.11 Å². The van der Waals surface area contributed by atoms with Crippen LogP contribution in [0, 0.1) is 10.1 Å². The highest BCUT2D eigenvalue weighted by Gasteiger charge is 2.36. The first kappa shape index (κ1) is 15.9. The molecule has 1 amide bonds. The van der Waals surface area contributed by atoms with E-state index in [0.717, 1.165) is 12.1 Å². The van der Waals surface area contributed by atoms with Gasteiger partial charge in [-0.3, -0.25) is 14.9 Å². The molecule has 0 saturated heterocycles. The number of aliphatic carboxylic acids is 1. The van der Waals surface area contributed by atoms with Crippen LogP contribution in [-0.4, -0.2) is 34.1 Å². The fourth-order valence-corrected chi connectivity index (χ4v) is 1.93. The highest BCUT2D eigenvalue weighted by atomic mass is 32.1. The number of carboxylic acid groups (broad SMARTS) is 1. The molecule has 1 heterocycles. The Morgan fingerprint density at radius 2 is 2.05 bits per heavy atom. The van der Waals surface area contributed by atoms with E-state index in [2.05, 4.69) is 0 Å². The molecule has 1 atom stereocenters. The Kier molecular flexibility index (Phi) is 4.65. The monoisotopic (exact) mass is 312 g/mol. The maximum Gasteiger partial charge on any atom is 0.391 e. The minimum Gasteiger partial charge on any atom is -0.480 e. The van der Waals surface area contributed by atoms with Gasteiger partial charge in [0.15, 0.2) is 0 Å². The molecule has 0 aliphatic carbocycles. The standard InChI is InChI=1S/C9H7F3N2O5S/c10-9(11,12)3-4(8(16)17)13-7(15)5-1-2-6(20-5)14(18)19/h1-2,4H,3H2,(H,13,15)(H,16,17). The van der Waals surface area contributed by atoms with Gasteiger partial charge in [0.25, 0.3) is 5.91 Å². The number of carboxylic acids is 1. The molecule has 2 N–H and O–H groups in total. The average Bonchev–Trinajstić information content (AvgIpc) is 2.75. The van der Waals surface area contributed by atoms with E-state index in [1.165, 1.54) is 0 Å². The molecule has 0 radical (unpaired) electrons. The summed E-state index contributed by atoms with van der Waals surface area (Å²) in [7, 11) is 0. The number of hydrogen-bond donors (Lipinski definition) is 2. The second-order valence-corrected chi connectivity index (χ2v) is 4.64. The van der Waals surface area contributed by atoms with Crippen molar-refractivity contribution in [2.45, 2.75) is 18.6 Å². The summed E-state index contributed by atoms with van der Waals surface area (Å²) in [4.78, 5) is 31.5. The minimum atomic E-state index is -4.77. The molecule has 0 aromatic carbocycles. The summed E-state index contributed by atoms with van der Waals surface area (Å²) in [6, 6.07) is -0.118. The van der Waals surface area contributed by atoms with Crippen LogP contribution in [0.3, 0.4) is 0 Å². The second-order valence-electron chi connectivity index (χ2n) is 3.58. The van der Waals surface area contributed by atoms with Gasteiger partial charge in [0.2, 0.25) is 0 Å². The molecular weight excluding hydrogens is 305 g/mol. The molecule has 0 fully saturated rings. The quantitative estimate of drug-likeness (QED) is 0.636. The highest BCUT2D eigenvalue weighted by Crippen LogP contribution is 2.25. The zero-order valence-electron chi connectivity index (χ0n) is 9.51. The number of nitro groups is 1. The lowest BCUT2D eigenvalue weighted by Crippen LogP contribution is -2.43. The Morgan fingerprint density at radius 1 is 1.45 bits per heavy atom. The van der Waals surface area contributed by atoms with Gasteiger partial charge in [-0.15, -0.1) is 0 Å². The van der Waals surface area contributed by atoms with Gasteiger partial charge in [0.1, 0.15) is 6.04 Å². The summed E-state index contributed by atoms with van der Waals surface area (Å²) < 4.78 is 36.4. The third-order valence-electron chi connectivity index (χ3n) is 2.03. The van der Waals surface area contributed by atoms with Crippen molar-refractivity contribution in [2.75, 3.05) is 0 Å². The molecule has 0 spiro atoms. The molecule has 20 heavy (non-hydrogen) atoms. The van der Waals surface area contributed by atoms with Crippen LogP contribution < -0.4 is 5.32 Å². The Balaban J connectivity index is 2.80.